The average Bonchev–Trinajstić information content (AvgIpc) is 2.29. The molecule has 5 nitrogen and oxygen atoms in total. The lowest BCUT2D eigenvalue weighted by Crippen LogP contribution is -2.20. The lowest BCUT2D eigenvalue weighted by atomic mass is 10.2. The van der Waals surface area contributed by atoms with Gasteiger partial charge in [0.15, 0.2) is 0 Å². The SMILES string of the molecule is CCCOCC(=O)Nc1cc(Br)ccc1C(=O)O. The number of ether oxygens (including phenoxy) is 1. The van der Waals surface area contributed by atoms with Crippen LogP contribution < -0.4 is 5.32 Å². The van der Waals surface area contributed by atoms with Crippen LogP contribution in [0.1, 0.15) is 23.7 Å². The number of carbonyl (C=O) groups excluding carboxylic acids is 1. The van der Waals surface area contributed by atoms with Gasteiger partial charge in [-0.25, -0.2) is 4.79 Å². The van der Waals surface area contributed by atoms with Gasteiger partial charge in [-0.15, -0.1) is 0 Å². The van der Waals surface area contributed by atoms with Crippen LogP contribution in [0.15, 0.2) is 22.7 Å². The van der Waals surface area contributed by atoms with Crippen molar-refractivity contribution in [3.05, 3.63) is 28.2 Å². The lowest BCUT2D eigenvalue weighted by Gasteiger charge is -2.09. The summed E-state index contributed by atoms with van der Waals surface area (Å²) in [5.41, 5.74) is 0.295. The number of nitrogens with one attached hydrogen (secondary N) is 1. The van der Waals surface area contributed by atoms with Crippen LogP contribution >= 0.6 is 15.9 Å². The van der Waals surface area contributed by atoms with Gasteiger partial charge in [0.1, 0.15) is 6.61 Å². The number of amides is 1. The average molecular weight is 316 g/mol. The smallest absolute Gasteiger partial charge is 0.337 e. The number of rotatable bonds is 6. The Morgan fingerprint density at radius 2 is 2.17 bits per heavy atom. The highest BCUT2D eigenvalue weighted by molar-refractivity contribution is 9.10. The zero-order chi connectivity index (χ0) is 13.5. The number of carboxylic acids is 1. The molecule has 0 heterocycles. The van der Waals surface area contributed by atoms with E-state index in [0.717, 1.165) is 6.42 Å². The number of aromatic carboxylic acids is 1. The second-order valence-corrected chi connectivity index (χ2v) is 4.51. The summed E-state index contributed by atoms with van der Waals surface area (Å²) in [6.45, 7) is 2.35. The van der Waals surface area contributed by atoms with E-state index in [1.54, 1.807) is 12.1 Å². The zero-order valence-electron chi connectivity index (χ0n) is 9.90. The molecule has 1 amide bonds. The van der Waals surface area contributed by atoms with Gasteiger partial charge in [-0.2, -0.15) is 0 Å². The van der Waals surface area contributed by atoms with Crippen LogP contribution in [-0.2, 0) is 9.53 Å². The second kappa shape index (κ2) is 7.13. The molecule has 0 aliphatic rings. The first-order chi connectivity index (χ1) is 8.54. The Balaban J connectivity index is 2.73. The molecule has 1 aromatic rings. The number of benzene rings is 1. The number of carboxylic acid groups (broad SMARTS) is 1. The first kappa shape index (κ1) is 14.7. The van der Waals surface area contributed by atoms with Gasteiger partial charge >= 0.3 is 5.97 Å². The predicted octanol–water partition coefficient (Wildman–Crippen LogP) is 2.51. The predicted molar refractivity (Wildman–Crippen MR) is 70.8 cm³/mol. The van der Waals surface area contributed by atoms with Crippen LogP contribution in [0.2, 0.25) is 0 Å². The standard InChI is InChI=1S/C12H14BrNO4/c1-2-5-18-7-11(15)14-10-6-8(13)3-4-9(10)12(16)17/h3-4,6H,2,5,7H2,1H3,(H,14,15)(H,16,17). The molecule has 1 aromatic carbocycles. The highest BCUT2D eigenvalue weighted by Gasteiger charge is 2.12. The van der Waals surface area contributed by atoms with E-state index in [1.165, 1.54) is 6.07 Å². The summed E-state index contributed by atoms with van der Waals surface area (Å²) in [6.07, 6.45) is 0.824. The maximum atomic E-state index is 11.5. The highest BCUT2D eigenvalue weighted by atomic mass is 79.9. The molecule has 98 valence electrons. The van der Waals surface area contributed by atoms with E-state index in [4.69, 9.17) is 9.84 Å². The second-order valence-electron chi connectivity index (χ2n) is 3.60. The van der Waals surface area contributed by atoms with Gasteiger partial charge in [0, 0.05) is 11.1 Å². The summed E-state index contributed by atoms with van der Waals surface area (Å²) in [7, 11) is 0. The van der Waals surface area contributed by atoms with Crippen LogP contribution in [0.5, 0.6) is 0 Å². The van der Waals surface area contributed by atoms with Crippen LogP contribution in [0.25, 0.3) is 0 Å². The fourth-order valence-electron chi connectivity index (χ4n) is 1.30. The Kier molecular flexibility index (Phi) is 5.80. The summed E-state index contributed by atoms with van der Waals surface area (Å²) >= 11 is 3.22. The lowest BCUT2D eigenvalue weighted by molar-refractivity contribution is -0.120. The fraction of sp³-hybridized carbons (Fsp3) is 0.333. The molecular weight excluding hydrogens is 302 g/mol. The zero-order valence-corrected chi connectivity index (χ0v) is 11.5. The highest BCUT2D eigenvalue weighted by Crippen LogP contribution is 2.21. The number of hydrogen-bond acceptors (Lipinski definition) is 3. The molecular formula is C12H14BrNO4. The minimum Gasteiger partial charge on any atom is -0.478 e. The van der Waals surface area contributed by atoms with E-state index in [-0.39, 0.29) is 23.8 Å². The molecule has 0 saturated carbocycles. The van der Waals surface area contributed by atoms with E-state index in [0.29, 0.717) is 11.1 Å². The molecule has 1 rings (SSSR count). The first-order valence-electron chi connectivity index (χ1n) is 5.45. The van der Waals surface area contributed by atoms with Gasteiger partial charge in [0.05, 0.1) is 11.3 Å². The molecule has 0 spiro atoms. The Morgan fingerprint density at radius 1 is 1.44 bits per heavy atom. The molecule has 0 saturated heterocycles. The van der Waals surface area contributed by atoms with Crippen molar-refractivity contribution >= 4 is 33.5 Å². The minimum absolute atomic E-state index is 0.0436. The van der Waals surface area contributed by atoms with Crippen molar-refractivity contribution in [2.75, 3.05) is 18.5 Å². The molecule has 0 aliphatic heterocycles. The van der Waals surface area contributed by atoms with Crippen molar-refractivity contribution < 1.29 is 19.4 Å². The number of hydrogen-bond donors (Lipinski definition) is 2. The molecule has 18 heavy (non-hydrogen) atoms. The molecule has 0 aliphatic carbocycles. The van der Waals surface area contributed by atoms with Crippen molar-refractivity contribution in [3.8, 4) is 0 Å². The molecule has 0 aromatic heterocycles. The third-order valence-electron chi connectivity index (χ3n) is 2.07. The topological polar surface area (TPSA) is 75.6 Å². The first-order valence-corrected chi connectivity index (χ1v) is 6.24. The van der Waals surface area contributed by atoms with Gasteiger partial charge in [0.2, 0.25) is 5.91 Å². The van der Waals surface area contributed by atoms with Gasteiger partial charge < -0.3 is 15.2 Å². The summed E-state index contributed by atoms with van der Waals surface area (Å²) in [5, 5.41) is 11.5. The Morgan fingerprint density at radius 3 is 2.78 bits per heavy atom. The van der Waals surface area contributed by atoms with E-state index in [2.05, 4.69) is 21.2 Å². The van der Waals surface area contributed by atoms with Gasteiger partial charge in [-0.1, -0.05) is 22.9 Å². The Labute approximate surface area is 113 Å². The third-order valence-corrected chi connectivity index (χ3v) is 2.56. The van der Waals surface area contributed by atoms with Crippen LogP contribution in [-0.4, -0.2) is 30.2 Å². The van der Waals surface area contributed by atoms with Crippen molar-refractivity contribution in [3.63, 3.8) is 0 Å². The number of carbonyl (C=O) groups is 2. The molecule has 0 fully saturated rings. The van der Waals surface area contributed by atoms with E-state index >= 15 is 0 Å². The van der Waals surface area contributed by atoms with Crippen LogP contribution in [0.4, 0.5) is 5.69 Å². The largest absolute Gasteiger partial charge is 0.478 e. The van der Waals surface area contributed by atoms with Gasteiger partial charge in [0.25, 0.3) is 0 Å². The van der Waals surface area contributed by atoms with Gasteiger partial charge in [-0.3, -0.25) is 4.79 Å². The minimum atomic E-state index is -1.09. The number of anilines is 1. The van der Waals surface area contributed by atoms with Crippen LogP contribution in [0, 0.1) is 0 Å². The molecule has 0 radical (unpaired) electrons. The van der Waals surface area contributed by atoms with Gasteiger partial charge in [-0.05, 0) is 24.6 Å². The summed E-state index contributed by atoms with van der Waals surface area (Å²) in [4.78, 5) is 22.5. The van der Waals surface area contributed by atoms with Crippen molar-refractivity contribution in [2.45, 2.75) is 13.3 Å². The monoisotopic (exact) mass is 315 g/mol. The molecule has 0 bridgehead atoms. The molecule has 6 heteroatoms. The molecule has 2 N–H and O–H groups in total. The maximum absolute atomic E-state index is 11.5. The maximum Gasteiger partial charge on any atom is 0.337 e. The Hall–Kier alpha value is -1.40. The van der Waals surface area contributed by atoms with Crippen LogP contribution in [0.3, 0.4) is 0 Å². The van der Waals surface area contributed by atoms with E-state index in [1.807, 2.05) is 6.92 Å². The molecule has 0 unspecified atom stereocenters. The van der Waals surface area contributed by atoms with E-state index in [9.17, 15) is 9.59 Å². The quantitative estimate of drug-likeness (QED) is 0.791. The third kappa shape index (κ3) is 4.46. The van der Waals surface area contributed by atoms with Crippen molar-refractivity contribution in [1.82, 2.24) is 0 Å². The number of halogens is 1. The summed E-state index contributed by atoms with van der Waals surface area (Å²) < 4.78 is 5.77. The van der Waals surface area contributed by atoms with Crippen molar-refractivity contribution in [1.29, 1.82) is 0 Å². The van der Waals surface area contributed by atoms with Crippen molar-refractivity contribution in [2.24, 2.45) is 0 Å². The Bertz CT molecular complexity index is 448. The van der Waals surface area contributed by atoms with E-state index < -0.39 is 5.97 Å². The molecule has 0 atom stereocenters. The summed E-state index contributed by atoms with van der Waals surface area (Å²) in [5.74, 6) is -1.46. The fourth-order valence-corrected chi connectivity index (χ4v) is 1.66. The summed E-state index contributed by atoms with van der Waals surface area (Å²) in [6, 6.07) is 4.57. The normalized spacial score (nSPS) is 10.1.